The number of furan rings is 1. The number of piperidine rings is 1. The highest BCUT2D eigenvalue weighted by Gasteiger charge is 2.42. The highest BCUT2D eigenvalue weighted by molar-refractivity contribution is 6.30. The van der Waals surface area contributed by atoms with E-state index in [1.807, 2.05) is 49.4 Å². The van der Waals surface area contributed by atoms with Gasteiger partial charge in [-0.05, 0) is 48.9 Å². The van der Waals surface area contributed by atoms with Crippen LogP contribution in [0, 0.1) is 6.92 Å². The van der Waals surface area contributed by atoms with Crippen LogP contribution in [-0.2, 0) is 6.42 Å². The van der Waals surface area contributed by atoms with Crippen LogP contribution in [0.25, 0.3) is 11.0 Å². The van der Waals surface area contributed by atoms with Crippen molar-refractivity contribution in [2.24, 2.45) is 0 Å². The summed E-state index contributed by atoms with van der Waals surface area (Å²) in [4.78, 5) is 2.29. The van der Waals surface area contributed by atoms with Gasteiger partial charge in [-0.2, -0.15) is 0 Å². The highest BCUT2D eigenvalue weighted by atomic mass is 35.5. The predicted octanol–water partition coefficient (Wildman–Crippen LogP) is 4.60. The van der Waals surface area contributed by atoms with Crippen LogP contribution in [0.5, 0.6) is 11.5 Å². The summed E-state index contributed by atoms with van der Waals surface area (Å²) >= 11 is 6.13. The van der Waals surface area contributed by atoms with Crippen molar-refractivity contribution < 1.29 is 19.0 Å². The minimum Gasteiger partial charge on any atom is -0.490 e. The highest BCUT2D eigenvalue weighted by Crippen LogP contribution is 2.42. The van der Waals surface area contributed by atoms with Gasteiger partial charge >= 0.3 is 0 Å². The molecule has 1 fully saturated rings. The number of aryl methyl sites for hydroxylation is 1. The van der Waals surface area contributed by atoms with Gasteiger partial charge in [0.15, 0.2) is 0 Å². The lowest BCUT2D eigenvalue weighted by molar-refractivity contribution is -0.00186. The first-order valence-electron chi connectivity index (χ1n) is 10.5. The van der Waals surface area contributed by atoms with Gasteiger partial charge in [-0.25, -0.2) is 0 Å². The molecule has 30 heavy (non-hydrogen) atoms. The number of aliphatic hydroxyl groups excluding tert-OH is 1. The predicted molar refractivity (Wildman–Crippen MR) is 117 cm³/mol. The fourth-order valence-corrected chi connectivity index (χ4v) is 4.84. The molecule has 0 aliphatic carbocycles. The molecule has 1 N–H and O–H groups in total. The van der Waals surface area contributed by atoms with Crippen LogP contribution in [0.3, 0.4) is 0 Å². The van der Waals surface area contributed by atoms with E-state index >= 15 is 0 Å². The molecule has 5 rings (SSSR count). The molecule has 2 aliphatic heterocycles. The molecular formula is C24H26ClNO4. The van der Waals surface area contributed by atoms with Crippen LogP contribution in [0.15, 0.2) is 46.9 Å². The molecule has 2 aliphatic rings. The van der Waals surface area contributed by atoms with E-state index in [0.29, 0.717) is 6.54 Å². The van der Waals surface area contributed by atoms with Crippen molar-refractivity contribution in [3.63, 3.8) is 0 Å². The van der Waals surface area contributed by atoms with Gasteiger partial charge in [0.25, 0.3) is 0 Å². The molecule has 158 valence electrons. The molecule has 1 saturated heterocycles. The van der Waals surface area contributed by atoms with Gasteiger partial charge in [0.05, 0.1) is 5.39 Å². The Balaban J connectivity index is 1.13. The first-order chi connectivity index (χ1) is 14.5. The number of benzene rings is 2. The molecule has 6 heteroatoms. The minimum atomic E-state index is -0.553. The van der Waals surface area contributed by atoms with E-state index in [1.54, 1.807) is 0 Å². The molecular weight excluding hydrogens is 402 g/mol. The Morgan fingerprint density at radius 3 is 2.87 bits per heavy atom. The average molecular weight is 428 g/mol. The van der Waals surface area contributed by atoms with Gasteiger partial charge in [-0.1, -0.05) is 17.7 Å². The zero-order chi connectivity index (χ0) is 20.7. The maximum absolute atomic E-state index is 10.5. The van der Waals surface area contributed by atoms with Crippen LogP contribution in [-0.4, -0.2) is 48.0 Å². The van der Waals surface area contributed by atoms with Gasteiger partial charge in [-0.3, -0.25) is 0 Å². The first kappa shape index (κ1) is 19.7. The van der Waals surface area contributed by atoms with Gasteiger partial charge < -0.3 is 23.9 Å². The zero-order valence-electron chi connectivity index (χ0n) is 17.1. The number of likely N-dealkylation sites (tertiary alicyclic amines) is 1. The van der Waals surface area contributed by atoms with Crippen molar-refractivity contribution in [3.05, 3.63) is 58.8 Å². The lowest BCUT2D eigenvalue weighted by atomic mass is 9.87. The molecule has 5 nitrogen and oxygen atoms in total. The largest absolute Gasteiger partial charge is 0.490 e. The number of fused-ring (bicyclic) bond motifs is 2. The summed E-state index contributed by atoms with van der Waals surface area (Å²) < 4.78 is 17.9. The Kier molecular flexibility index (Phi) is 5.13. The summed E-state index contributed by atoms with van der Waals surface area (Å²) in [5.74, 6) is 2.56. The molecule has 1 spiro atoms. The maximum Gasteiger partial charge on any atom is 0.137 e. The van der Waals surface area contributed by atoms with E-state index in [9.17, 15) is 5.11 Å². The van der Waals surface area contributed by atoms with Gasteiger partial charge in [0.2, 0.25) is 0 Å². The Hall–Kier alpha value is -2.21. The average Bonchev–Trinajstić information content (AvgIpc) is 3.27. The molecule has 3 aromatic rings. The number of halogens is 1. The standard InChI is InChI=1S/C24H26ClNO4/c1-16-11-20-22(3-2-4-23(20)29-16)28-15-19(27)14-26-9-7-24(8-10-26)13-17-12-18(25)5-6-21(17)30-24/h2-6,11-12,19,27H,7-10,13-15H2,1H3/t19-/m0/s1. The zero-order valence-corrected chi connectivity index (χ0v) is 17.8. The van der Waals surface area contributed by atoms with Crippen molar-refractivity contribution in [2.75, 3.05) is 26.2 Å². The monoisotopic (exact) mass is 427 g/mol. The van der Waals surface area contributed by atoms with Gasteiger partial charge in [0, 0.05) is 43.9 Å². The Morgan fingerprint density at radius 2 is 2.03 bits per heavy atom. The fraction of sp³-hybridized carbons (Fsp3) is 0.417. The summed E-state index contributed by atoms with van der Waals surface area (Å²) in [7, 11) is 0. The smallest absolute Gasteiger partial charge is 0.137 e. The van der Waals surface area contributed by atoms with E-state index in [4.69, 9.17) is 25.5 Å². The number of aliphatic hydroxyl groups is 1. The minimum absolute atomic E-state index is 0.125. The lowest BCUT2D eigenvalue weighted by Crippen LogP contribution is -2.49. The van der Waals surface area contributed by atoms with Crippen LogP contribution < -0.4 is 9.47 Å². The molecule has 1 atom stereocenters. The third kappa shape index (κ3) is 3.89. The molecule has 2 aromatic carbocycles. The summed E-state index contributed by atoms with van der Waals surface area (Å²) in [6, 6.07) is 13.6. The van der Waals surface area contributed by atoms with Gasteiger partial charge in [-0.15, -0.1) is 0 Å². The van der Waals surface area contributed by atoms with Crippen LogP contribution in [0.4, 0.5) is 0 Å². The summed E-state index contributed by atoms with van der Waals surface area (Å²) in [5, 5.41) is 12.2. The molecule has 0 saturated carbocycles. The van der Waals surface area contributed by atoms with E-state index in [2.05, 4.69) is 4.90 Å². The normalized spacial score (nSPS) is 19.0. The number of hydrogen-bond donors (Lipinski definition) is 1. The first-order valence-corrected chi connectivity index (χ1v) is 10.9. The van der Waals surface area contributed by atoms with E-state index in [-0.39, 0.29) is 12.2 Å². The molecule has 0 radical (unpaired) electrons. The number of β-amino-alcohol motifs (C(OH)–C–C–N with tert-alkyl or cyclic N) is 1. The second kappa shape index (κ2) is 7.80. The van der Waals surface area contributed by atoms with E-state index in [0.717, 1.165) is 65.6 Å². The van der Waals surface area contributed by atoms with Crippen molar-refractivity contribution >= 4 is 22.6 Å². The summed E-state index contributed by atoms with van der Waals surface area (Å²) in [5.41, 5.74) is 1.88. The van der Waals surface area contributed by atoms with Crippen molar-refractivity contribution in [3.8, 4) is 11.5 Å². The summed E-state index contributed by atoms with van der Waals surface area (Å²) in [6.07, 6.45) is 2.25. The second-order valence-corrected chi connectivity index (χ2v) is 8.94. The molecule has 0 unspecified atom stereocenters. The van der Waals surface area contributed by atoms with Crippen molar-refractivity contribution in [2.45, 2.75) is 37.9 Å². The molecule has 1 aromatic heterocycles. The van der Waals surface area contributed by atoms with Crippen LogP contribution >= 0.6 is 11.6 Å². The van der Waals surface area contributed by atoms with E-state index in [1.165, 1.54) is 5.56 Å². The van der Waals surface area contributed by atoms with Crippen molar-refractivity contribution in [1.29, 1.82) is 0 Å². The Bertz CT molecular complexity index is 1050. The van der Waals surface area contributed by atoms with Gasteiger partial charge in [0.1, 0.15) is 41.2 Å². The summed E-state index contributed by atoms with van der Waals surface area (Å²) in [6.45, 7) is 4.56. The van der Waals surface area contributed by atoms with Crippen molar-refractivity contribution in [1.82, 2.24) is 4.90 Å². The third-order valence-electron chi connectivity index (χ3n) is 6.17. The quantitative estimate of drug-likeness (QED) is 0.644. The molecule has 0 amide bonds. The lowest BCUT2D eigenvalue weighted by Gasteiger charge is -2.39. The van der Waals surface area contributed by atoms with Crippen LogP contribution in [0.2, 0.25) is 5.02 Å². The molecule has 3 heterocycles. The fourth-order valence-electron chi connectivity index (χ4n) is 4.65. The topological polar surface area (TPSA) is 55.1 Å². The molecule has 0 bridgehead atoms. The number of rotatable bonds is 5. The maximum atomic E-state index is 10.5. The van der Waals surface area contributed by atoms with Crippen LogP contribution in [0.1, 0.15) is 24.2 Å². The Labute approximate surface area is 181 Å². The number of hydrogen-bond acceptors (Lipinski definition) is 5. The SMILES string of the molecule is Cc1cc2c(OC[C@@H](O)CN3CCC4(CC3)Cc3cc(Cl)ccc3O4)cccc2o1. The second-order valence-electron chi connectivity index (χ2n) is 8.50. The van der Waals surface area contributed by atoms with E-state index < -0.39 is 6.10 Å². The number of nitrogens with zero attached hydrogens (tertiary/aromatic N) is 1. The Morgan fingerprint density at radius 1 is 1.20 bits per heavy atom. The third-order valence-corrected chi connectivity index (χ3v) is 6.41. The number of ether oxygens (including phenoxy) is 2.